The van der Waals surface area contributed by atoms with Crippen molar-refractivity contribution in [1.29, 1.82) is 0 Å². The molecule has 0 aromatic heterocycles. The molecule has 0 atom stereocenters. The fourth-order valence-corrected chi connectivity index (χ4v) is 1.89. The van der Waals surface area contributed by atoms with Crippen molar-refractivity contribution < 1.29 is 14.3 Å². The molecule has 0 amide bonds. The van der Waals surface area contributed by atoms with Crippen molar-refractivity contribution in [3.05, 3.63) is 47.6 Å². The number of carbonyl (C=O) groups excluding carboxylic acids is 1. The molecular formula is C18H24O3. The van der Waals surface area contributed by atoms with E-state index in [1.807, 2.05) is 25.1 Å². The van der Waals surface area contributed by atoms with Crippen LogP contribution in [0.25, 0.3) is 6.08 Å². The maximum absolute atomic E-state index is 11.5. The highest BCUT2D eigenvalue weighted by molar-refractivity contribution is 5.87. The Morgan fingerprint density at radius 1 is 1.38 bits per heavy atom. The number of rotatable bonds is 8. The van der Waals surface area contributed by atoms with Crippen LogP contribution in [0, 0.1) is 0 Å². The lowest BCUT2D eigenvalue weighted by Crippen LogP contribution is -2.01. The number of unbranched alkanes of at least 4 members (excludes halogenated alkanes) is 1. The van der Waals surface area contributed by atoms with Gasteiger partial charge in [0.1, 0.15) is 5.75 Å². The van der Waals surface area contributed by atoms with E-state index >= 15 is 0 Å². The van der Waals surface area contributed by atoms with Gasteiger partial charge in [0.15, 0.2) is 0 Å². The lowest BCUT2D eigenvalue weighted by molar-refractivity contribution is -0.137. The lowest BCUT2D eigenvalue weighted by Gasteiger charge is -2.09. The first kappa shape index (κ1) is 17.0. The first-order valence-electron chi connectivity index (χ1n) is 7.23. The predicted octanol–water partition coefficient (Wildman–Crippen LogP) is 4.17. The summed E-state index contributed by atoms with van der Waals surface area (Å²) in [4.78, 5) is 11.5. The Bertz CT molecular complexity index is 515. The topological polar surface area (TPSA) is 35.5 Å². The van der Waals surface area contributed by atoms with E-state index < -0.39 is 0 Å². The zero-order chi connectivity index (χ0) is 15.7. The molecule has 0 aliphatic carbocycles. The van der Waals surface area contributed by atoms with Crippen LogP contribution in [0.15, 0.2) is 36.4 Å². The molecule has 1 aromatic rings. The smallest absolute Gasteiger partial charge is 0.330 e. The molecule has 0 N–H and O–H groups in total. The second kappa shape index (κ2) is 9.01. The maximum Gasteiger partial charge on any atom is 0.330 e. The number of esters is 1. The fraction of sp³-hybridized carbons (Fsp3) is 0.389. The highest BCUT2D eigenvalue weighted by Gasteiger charge is 2.04. The van der Waals surface area contributed by atoms with Crippen LogP contribution in [0.5, 0.6) is 5.75 Å². The molecule has 0 spiro atoms. The Hall–Kier alpha value is -2.03. The summed E-state index contributed by atoms with van der Waals surface area (Å²) in [6.07, 6.45) is 5.88. The minimum Gasteiger partial charge on any atom is -0.496 e. The van der Waals surface area contributed by atoms with Crippen molar-refractivity contribution in [2.75, 3.05) is 13.7 Å². The molecule has 0 fully saturated rings. The van der Waals surface area contributed by atoms with E-state index in [0.29, 0.717) is 6.61 Å². The zero-order valence-corrected chi connectivity index (χ0v) is 13.1. The summed E-state index contributed by atoms with van der Waals surface area (Å²) < 4.78 is 10.4. The number of hydrogen-bond acceptors (Lipinski definition) is 3. The van der Waals surface area contributed by atoms with Gasteiger partial charge in [0.2, 0.25) is 0 Å². The largest absolute Gasteiger partial charge is 0.496 e. The molecule has 21 heavy (non-hydrogen) atoms. The van der Waals surface area contributed by atoms with Gasteiger partial charge in [0, 0.05) is 6.08 Å². The third-order valence-corrected chi connectivity index (χ3v) is 2.95. The quantitative estimate of drug-likeness (QED) is 0.312. The van der Waals surface area contributed by atoms with Gasteiger partial charge >= 0.3 is 5.97 Å². The van der Waals surface area contributed by atoms with E-state index in [1.165, 1.54) is 6.08 Å². The third kappa shape index (κ3) is 6.30. The highest BCUT2D eigenvalue weighted by atomic mass is 16.5. The second-order valence-corrected chi connectivity index (χ2v) is 5.06. The van der Waals surface area contributed by atoms with Crippen LogP contribution in [-0.2, 0) is 16.0 Å². The van der Waals surface area contributed by atoms with E-state index in [0.717, 1.165) is 41.7 Å². The Labute approximate surface area is 127 Å². The Balaban J connectivity index is 2.74. The number of allylic oxidation sites excluding steroid dienone is 1. The van der Waals surface area contributed by atoms with Crippen LogP contribution < -0.4 is 4.74 Å². The van der Waals surface area contributed by atoms with Gasteiger partial charge in [-0.15, -0.1) is 0 Å². The molecule has 0 bridgehead atoms. The molecular weight excluding hydrogens is 264 g/mol. The molecule has 3 nitrogen and oxygen atoms in total. The Morgan fingerprint density at radius 2 is 2.14 bits per heavy atom. The van der Waals surface area contributed by atoms with Gasteiger partial charge in [-0.1, -0.05) is 31.6 Å². The van der Waals surface area contributed by atoms with Crippen LogP contribution >= 0.6 is 0 Å². The summed E-state index contributed by atoms with van der Waals surface area (Å²) in [6.45, 7) is 8.44. The van der Waals surface area contributed by atoms with Gasteiger partial charge in [-0.3, -0.25) is 0 Å². The minimum atomic E-state index is -0.305. The predicted molar refractivity (Wildman–Crippen MR) is 86.4 cm³/mol. The number of methoxy groups -OCH3 is 1. The van der Waals surface area contributed by atoms with Crippen LogP contribution in [0.2, 0.25) is 0 Å². The molecule has 0 unspecified atom stereocenters. The van der Waals surface area contributed by atoms with Crippen LogP contribution in [0.4, 0.5) is 0 Å². The molecule has 0 heterocycles. The van der Waals surface area contributed by atoms with Gasteiger partial charge in [-0.05, 0) is 49.1 Å². The third-order valence-electron chi connectivity index (χ3n) is 2.95. The van der Waals surface area contributed by atoms with Gasteiger partial charge in [0.25, 0.3) is 0 Å². The summed E-state index contributed by atoms with van der Waals surface area (Å²) in [5.41, 5.74) is 3.07. The summed E-state index contributed by atoms with van der Waals surface area (Å²) in [5.74, 6) is 0.529. The van der Waals surface area contributed by atoms with E-state index in [2.05, 4.69) is 13.5 Å². The molecule has 0 aliphatic rings. The van der Waals surface area contributed by atoms with Gasteiger partial charge in [-0.25, -0.2) is 4.79 Å². The van der Waals surface area contributed by atoms with Crippen LogP contribution in [0.1, 0.15) is 37.8 Å². The van der Waals surface area contributed by atoms with Crippen molar-refractivity contribution in [3.63, 3.8) is 0 Å². The molecule has 1 aromatic carbocycles. The first-order chi connectivity index (χ1) is 10.1. The molecule has 0 saturated heterocycles. The SMILES string of the molecule is C=C(C)Cc1cc(/C=C/C(=O)OCCCC)ccc1OC. The number of ether oxygens (including phenoxy) is 2. The number of hydrogen-bond donors (Lipinski definition) is 0. The second-order valence-electron chi connectivity index (χ2n) is 5.06. The molecule has 114 valence electrons. The zero-order valence-electron chi connectivity index (χ0n) is 13.1. The molecule has 0 aliphatic heterocycles. The Morgan fingerprint density at radius 3 is 2.76 bits per heavy atom. The molecule has 0 saturated carbocycles. The monoisotopic (exact) mass is 288 g/mol. The van der Waals surface area contributed by atoms with Crippen LogP contribution in [-0.4, -0.2) is 19.7 Å². The van der Waals surface area contributed by atoms with Crippen molar-refractivity contribution in [1.82, 2.24) is 0 Å². The standard InChI is InChI=1S/C18H24O3/c1-5-6-11-21-18(19)10-8-15-7-9-17(20-4)16(13-15)12-14(2)3/h7-10,13H,2,5-6,11-12H2,1,3-4H3/b10-8+. The van der Waals surface area contributed by atoms with Crippen molar-refractivity contribution >= 4 is 12.0 Å². The van der Waals surface area contributed by atoms with Gasteiger partial charge in [0.05, 0.1) is 13.7 Å². The lowest BCUT2D eigenvalue weighted by atomic mass is 10.0. The first-order valence-corrected chi connectivity index (χ1v) is 7.23. The highest BCUT2D eigenvalue weighted by Crippen LogP contribution is 2.23. The van der Waals surface area contributed by atoms with E-state index in [4.69, 9.17) is 9.47 Å². The van der Waals surface area contributed by atoms with E-state index in [1.54, 1.807) is 13.2 Å². The normalized spacial score (nSPS) is 10.6. The van der Waals surface area contributed by atoms with E-state index in [9.17, 15) is 4.79 Å². The van der Waals surface area contributed by atoms with E-state index in [-0.39, 0.29) is 5.97 Å². The molecule has 1 rings (SSSR count). The average Bonchev–Trinajstić information content (AvgIpc) is 2.45. The fourth-order valence-electron chi connectivity index (χ4n) is 1.89. The van der Waals surface area contributed by atoms with Gasteiger partial charge < -0.3 is 9.47 Å². The maximum atomic E-state index is 11.5. The summed E-state index contributed by atoms with van der Waals surface area (Å²) in [6, 6.07) is 5.82. The minimum absolute atomic E-state index is 0.305. The Kier molecular flexibility index (Phi) is 7.30. The van der Waals surface area contributed by atoms with Crippen LogP contribution in [0.3, 0.4) is 0 Å². The molecule has 3 heteroatoms. The van der Waals surface area contributed by atoms with Crippen molar-refractivity contribution in [2.45, 2.75) is 33.1 Å². The summed E-state index contributed by atoms with van der Waals surface area (Å²) in [7, 11) is 1.65. The summed E-state index contributed by atoms with van der Waals surface area (Å²) in [5, 5.41) is 0. The van der Waals surface area contributed by atoms with Gasteiger partial charge in [-0.2, -0.15) is 0 Å². The van der Waals surface area contributed by atoms with Crippen molar-refractivity contribution in [3.8, 4) is 5.75 Å². The number of benzene rings is 1. The van der Waals surface area contributed by atoms with Crippen molar-refractivity contribution in [2.24, 2.45) is 0 Å². The molecule has 0 radical (unpaired) electrons. The average molecular weight is 288 g/mol. The number of carbonyl (C=O) groups is 1. The summed E-state index contributed by atoms with van der Waals surface area (Å²) >= 11 is 0.